The van der Waals surface area contributed by atoms with Crippen LogP contribution in [0, 0.1) is 10.8 Å². The molecule has 7 atom stereocenters. The normalized spacial score (nSPS) is 14.2. The highest BCUT2D eigenvalue weighted by Crippen LogP contribution is 2.05. The van der Waals surface area contributed by atoms with Gasteiger partial charge in [0.1, 0.15) is 30.2 Å². The first kappa shape index (κ1) is 52.4. The van der Waals surface area contributed by atoms with Gasteiger partial charge in [0, 0.05) is 24.6 Å². The summed E-state index contributed by atoms with van der Waals surface area (Å²) in [5.41, 5.74) is 21.4. The summed E-state index contributed by atoms with van der Waals surface area (Å²) in [5, 5.41) is 55.2. The third kappa shape index (κ3) is 22.2. The number of carboxylic acid groups (broad SMARTS) is 1. The van der Waals surface area contributed by atoms with Crippen molar-refractivity contribution in [2.24, 2.45) is 22.9 Å². The van der Waals surface area contributed by atoms with E-state index in [1.54, 1.807) is 0 Å². The lowest BCUT2D eigenvalue weighted by Gasteiger charge is -2.27. The van der Waals surface area contributed by atoms with Gasteiger partial charge in [-0.25, -0.2) is 4.79 Å². The van der Waals surface area contributed by atoms with Gasteiger partial charge in [0.15, 0.2) is 11.9 Å². The Kier molecular flexibility index (Phi) is 25.2. The highest BCUT2D eigenvalue weighted by atomic mass is 32.1. The van der Waals surface area contributed by atoms with E-state index in [0.29, 0.717) is 0 Å². The smallest absolute Gasteiger partial charge is 0.327 e. The highest BCUT2D eigenvalue weighted by molar-refractivity contribution is 7.80. The topological polar surface area (TPSA) is 454 Å². The number of carbonyl (C=O) groups excluding carboxylic acids is 8. The Morgan fingerprint density at radius 2 is 1.05 bits per heavy atom. The molecule has 0 radical (unpaired) electrons. The third-order valence-corrected chi connectivity index (χ3v) is 8.31. The first-order valence-electron chi connectivity index (χ1n) is 17.5. The largest absolute Gasteiger partial charge is 0.480 e. The fourth-order valence-corrected chi connectivity index (χ4v) is 4.96. The number of hydrogen-bond donors (Lipinski definition) is 19. The molecule has 8 amide bonds. The van der Waals surface area contributed by atoms with E-state index in [2.05, 4.69) is 73.1 Å². The van der Waals surface area contributed by atoms with Crippen molar-refractivity contribution in [3.05, 3.63) is 0 Å². The molecule has 0 saturated carbocycles. The fourth-order valence-electron chi connectivity index (χ4n) is 4.55. The van der Waals surface area contributed by atoms with E-state index < -0.39 is 121 Å². The van der Waals surface area contributed by atoms with Gasteiger partial charge >= 0.3 is 5.97 Å². The number of rotatable bonds is 28. The SMILES string of the molecule is C[C@@H](O)[C@H](NC(=O)[C@H](CCCNC(=N)N)NC(=O)[C@H](CC(N)=O)NC(=O)CNC(=O)[C@@H](N)CS)C(=O)N[C@@H](CCCNC(=N)N)C(=O)NCC(=O)N[C@@H](CS)C(=O)O. The number of aliphatic hydroxyl groups excluding tert-OH is 1. The number of hydrogen-bond acceptors (Lipinski definition) is 15. The van der Waals surface area contributed by atoms with E-state index in [9.17, 15) is 48.3 Å². The number of aliphatic hydroxyl groups is 1. The van der Waals surface area contributed by atoms with E-state index in [0.717, 1.165) is 6.92 Å². The molecule has 0 heterocycles. The highest BCUT2D eigenvalue weighted by Gasteiger charge is 2.34. The molecule has 28 heteroatoms. The fraction of sp³-hybridized carbons (Fsp3) is 0.633. The summed E-state index contributed by atoms with van der Waals surface area (Å²) in [6.07, 6.45) is -2.52. The zero-order valence-electron chi connectivity index (χ0n) is 31.6. The summed E-state index contributed by atoms with van der Waals surface area (Å²) in [5.74, 6) is -10.2. The van der Waals surface area contributed by atoms with Crippen LogP contribution in [-0.4, -0.2) is 155 Å². The molecule has 0 aromatic rings. The van der Waals surface area contributed by atoms with E-state index in [1.807, 2.05) is 0 Å². The summed E-state index contributed by atoms with van der Waals surface area (Å²) in [6, 6.07) is -8.79. The van der Waals surface area contributed by atoms with Crippen molar-refractivity contribution < 1.29 is 53.4 Å². The van der Waals surface area contributed by atoms with Gasteiger partial charge in [0.2, 0.25) is 47.3 Å². The molecule has 58 heavy (non-hydrogen) atoms. The molecule has 328 valence electrons. The number of guanidine groups is 2. The van der Waals surface area contributed by atoms with Crippen LogP contribution < -0.4 is 70.8 Å². The lowest BCUT2D eigenvalue weighted by molar-refractivity contribution is -0.141. The molecule has 0 spiro atoms. The van der Waals surface area contributed by atoms with Crippen molar-refractivity contribution in [2.45, 2.75) is 81.4 Å². The molecule has 0 unspecified atom stereocenters. The van der Waals surface area contributed by atoms with Gasteiger partial charge in [-0.15, -0.1) is 0 Å². The van der Waals surface area contributed by atoms with Crippen LogP contribution >= 0.6 is 25.3 Å². The van der Waals surface area contributed by atoms with Crippen molar-refractivity contribution in [3.8, 4) is 0 Å². The quantitative estimate of drug-likeness (QED) is 0.0150. The van der Waals surface area contributed by atoms with Crippen molar-refractivity contribution in [3.63, 3.8) is 0 Å². The van der Waals surface area contributed by atoms with E-state index in [4.69, 9.17) is 38.9 Å². The van der Waals surface area contributed by atoms with Crippen molar-refractivity contribution in [2.75, 3.05) is 37.7 Å². The number of primary amides is 1. The first-order valence-corrected chi connectivity index (χ1v) is 18.8. The molecule has 0 bridgehead atoms. The second-order valence-electron chi connectivity index (χ2n) is 12.5. The number of aliphatic carboxylic acids is 1. The third-order valence-electron chi connectivity index (χ3n) is 7.55. The Morgan fingerprint density at radius 3 is 1.48 bits per heavy atom. The van der Waals surface area contributed by atoms with Crippen molar-refractivity contribution >= 4 is 90.4 Å². The lowest BCUT2D eigenvalue weighted by atomic mass is 10.1. The Labute approximate surface area is 343 Å². The molecular formula is C30H55N15O11S2. The summed E-state index contributed by atoms with van der Waals surface area (Å²) in [7, 11) is 0. The number of nitrogens with two attached hydrogens (primary N) is 4. The molecule has 0 aromatic heterocycles. The molecule has 0 aliphatic heterocycles. The van der Waals surface area contributed by atoms with Gasteiger partial charge in [-0.3, -0.25) is 49.2 Å². The van der Waals surface area contributed by atoms with Gasteiger partial charge in [-0.05, 0) is 32.6 Å². The molecule has 0 aliphatic carbocycles. The molecular weight excluding hydrogens is 811 g/mol. The van der Waals surface area contributed by atoms with E-state index in [1.165, 1.54) is 0 Å². The first-order chi connectivity index (χ1) is 27.1. The molecule has 0 aliphatic rings. The van der Waals surface area contributed by atoms with Gasteiger partial charge in [-0.1, -0.05) is 0 Å². The van der Waals surface area contributed by atoms with Crippen LogP contribution in [0.3, 0.4) is 0 Å². The van der Waals surface area contributed by atoms with Crippen LogP contribution in [0.2, 0.25) is 0 Å². The molecule has 26 nitrogen and oxygen atoms in total. The van der Waals surface area contributed by atoms with Gasteiger partial charge < -0.3 is 81.0 Å². The number of carbonyl (C=O) groups is 9. The zero-order chi connectivity index (χ0) is 44.5. The van der Waals surface area contributed by atoms with Crippen LogP contribution in [0.5, 0.6) is 0 Å². The van der Waals surface area contributed by atoms with Crippen LogP contribution in [-0.2, 0) is 43.2 Å². The summed E-state index contributed by atoms with van der Waals surface area (Å²) >= 11 is 7.73. The minimum atomic E-state index is -1.78. The minimum absolute atomic E-state index is 0.0315. The summed E-state index contributed by atoms with van der Waals surface area (Å²) in [6.45, 7) is -0.129. The minimum Gasteiger partial charge on any atom is -0.480 e. The number of thiol groups is 2. The monoisotopic (exact) mass is 865 g/mol. The van der Waals surface area contributed by atoms with Gasteiger partial charge in [0.25, 0.3) is 0 Å². The molecule has 0 saturated heterocycles. The average Bonchev–Trinajstić information content (AvgIpc) is 3.14. The van der Waals surface area contributed by atoms with E-state index in [-0.39, 0.29) is 56.2 Å². The van der Waals surface area contributed by atoms with Crippen LogP contribution in [0.25, 0.3) is 0 Å². The number of amides is 8. The summed E-state index contributed by atoms with van der Waals surface area (Å²) < 4.78 is 0. The second kappa shape index (κ2) is 27.9. The molecule has 0 aromatic carbocycles. The van der Waals surface area contributed by atoms with E-state index >= 15 is 0 Å². The predicted octanol–water partition coefficient (Wildman–Crippen LogP) is -8.30. The number of carboxylic acids is 1. The van der Waals surface area contributed by atoms with Gasteiger partial charge in [-0.2, -0.15) is 25.3 Å². The Morgan fingerprint density at radius 1 is 0.603 bits per heavy atom. The Bertz CT molecular complexity index is 1490. The predicted molar refractivity (Wildman–Crippen MR) is 213 cm³/mol. The average molecular weight is 866 g/mol. The van der Waals surface area contributed by atoms with Crippen molar-refractivity contribution in [1.82, 2.24) is 47.9 Å². The maximum Gasteiger partial charge on any atom is 0.327 e. The Balaban J connectivity index is 6.19. The van der Waals surface area contributed by atoms with Crippen LogP contribution in [0.15, 0.2) is 0 Å². The van der Waals surface area contributed by atoms with Crippen LogP contribution in [0.1, 0.15) is 39.0 Å². The lowest BCUT2D eigenvalue weighted by Crippen LogP contribution is -2.61. The van der Waals surface area contributed by atoms with Crippen molar-refractivity contribution in [1.29, 1.82) is 10.8 Å². The maximum absolute atomic E-state index is 13.6. The molecule has 0 rings (SSSR count). The molecule has 0 fully saturated rings. The van der Waals surface area contributed by atoms with Crippen LogP contribution in [0.4, 0.5) is 0 Å². The standard InChI is InChI=1S/C30H55N15O11S2/c1-13(46)22(27(54)44-15(4-2-6-37-29(33)34)24(51)40-10-21(49)42-18(12-58)28(55)56)45-25(52)16(5-3-7-38-30(35)36)43-26(53)17(8-19(32)47)41-20(48)9-39-23(50)14(31)11-57/h13-18,22,46,57-58H,2-12,31H2,1H3,(H2,32,47)(H,39,50)(H,40,51)(H,41,48)(H,42,49)(H,43,53)(H,44,54)(H,45,52)(H,55,56)(H4,33,34,37)(H4,35,36,38)/t13-,14+,15+,16+,17+,18+,22+/m1/s1. The molecule has 21 N–H and O–H groups in total. The maximum atomic E-state index is 13.6. The Hall–Kier alpha value is -5.61. The van der Waals surface area contributed by atoms with Gasteiger partial charge in [0.05, 0.1) is 31.7 Å². The zero-order valence-corrected chi connectivity index (χ0v) is 33.4. The summed E-state index contributed by atoms with van der Waals surface area (Å²) in [4.78, 5) is 113. The second-order valence-corrected chi connectivity index (χ2v) is 13.2. The number of nitrogens with one attached hydrogen (secondary N) is 11.